The van der Waals surface area contributed by atoms with Crippen molar-refractivity contribution < 1.29 is 22.3 Å². The first kappa shape index (κ1) is 22.8. The smallest absolute Gasteiger partial charge is 0.393 e. The average molecular weight is 353 g/mol. The summed E-state index contributed by atoms with van der Waals surface area (Å²) in [4.78, 5) is 0. The zero-order valence-electron chi connectivity index (χ0n) is 15.1. The summed E-state index contributed by atoms with van der Waals surface area (Å²) in [5.41, 5.74) is -1.09. The standard InChI is InChI=1S/C17H36O5S/c1-4-5-6-7-8-9-10-11-12-13-14-16(18)15-17(2,3)22-23(19,20)21/h16,18H,4-15H2,1-3H3,(H,19,20,21). The lowest BCUT2D eigenvalue weighted by Gasteiger charge is -2.25. The molecule has 0 aromatic rings. The predicted octanol–water partition coefficient (Wildman–Crippen LogP) is 4.65. The highest BCUT2D eigenvalue weighted by molar-refractivity contribution is 7.80. The Kier molecular flexibility index (Phi) is 12.1. The van der Waals surface area contributed by atoms with Crippen molar-refractivity contribution in [2.24, 2.45) is 0 Å². The molecule has 0 aromatic heterocycles. The Hall–Kier alpha value is -0.170. The first-order valence-electron chi connectivity index (χ1n) is 9.02. The molecule has 1 atom stereocenters. The molecule has 5 nitrogen and oxygen atoms in total. The van der Waals surface area contributed by atoms with Crippen LogP contribution in [-0.4, -0.2) is 29.8 Å². The monoisotopic (exact) mass is 352 g/mol. The fraction of sp³-hybridized carbons (Fsp3) is 1.00. The minimum absolute atomic E-state index is 0.185. The Bertz CT molecular complexity index is 378. The summed E-state index contributed by atoms with van der Waals surface area (Å²) in [6.07, 6.45) is 12.6. The Morgan fingerprint density at radius 1 is 0.913 bits per heavy atom. The molecule has 0 aliphatic heterocycles. The van der Waals surface area contributed by atoms with Crippen LogP contribution in [0, 0.1) is 0 Å². The summed E-state index contributed by atoms with van der Waals surface area (Å²) < 4.78 is 34.7. The number of aliphatic hydroxyl groups excluding tert-OH is 1. The minimum Gasteiger partial charge on any atom is -0.393 e. The molecule has 0 spiro atoms. The Morgan fingerprint density at radius 3 is 1.78 bits per heavy atom. The summed E-state index contributed by atoms with van der Waals surface area (Å²) in [6.45, 7) is 5.31. The zero-order chi connectivity index (χ0) is 17.8. The van der Waals surface area contributed by atoms with E-state index in [1.54, 1.807) is 13.8 Å². The molecule has 0 bridgehead atoms. The van der Waals surface area contributed by atoms with E-state index in [0.29, 0.717) is 6.42 Å². The summed E-state index contributed by atoms with van der Waals surface area (Å²) in [5, 5.41) is 9.95. The van der Waals surface area contributed by atoms with Gasteiger partial charge in [0.05, 0.1) is 11.7 Å². The quantitative estimate of drug-likeness (QED) is 0.331. The highest BCUT2D eigenvalue weighted by Crippen LogP contribution is 2.22. The molecule has 23 heavy (non-hydrogen) atoms. The van der Waals surface area contributed by atoms with Gasteiger partial charge in [0.2, 0.25) is 0 Å². The van der Waals surface area contributed by atoms with Gasteiger partial charge in [-0.3, -0.25) is 4.55 Å². The Morgan fingerprint density at radius 2 is 1.35 bits per heavy atom. The van der Waals surface area contributed by atoms with Gasteiger partial charge in [-0.2, -0.15) is 8.42 Å². The molecule has 0 heterocycles. The number of aliphatic hydroxyl groups is 1. The van der Waals surface area contributed by atoms with Crippen LogP contribution in [-0.2, 0) is 14.6 Å². The van der Waals surface area contributed by atoms with E-state index >= 15 is 0 Å². The maximum Gasteiger partial charge on any atom is 0.397 e. The van der Waals surface area contributed by atoms with Crippen LogP contribution in [0.4, 0.5) is 0 Å². The molecule has 0 amide bonds. The van der Waals surface area contributed by atoms with E-state index in [0.717, 1.165) is 12.8 Å². The van der Waals surface area contributed by atoms with Gasteiger partial charge in [-0.15, -0.1) is 0 Å². The maximum absolute atomic E-state index is 10.7. The third-order valence-corrected chi connectivity index (χ3v) is 4.61. The molecule has 0 aliphatic rings. The van der Waals surface area contributed by atoms with Gasteiger partial charge < -0.3 is 5.11 Å². The molecule has 0 aliphatic carbocycles. The second kappa shape index (κ2) is 12.2. The van der Waals surface area contributed by atoms with Crippen LogP contribution in [0.2, 0.25) is 0 Å². The lowest BCUT2D eigenvalue weighted by molar-refractivity contribution is 0.0309. The molecule has 2 N–H and O–H groups in total. The third kappa shape index (κ3) is 16.5. The third-order valence-electron chi connectivity index (χ3n) is 3.95. The molecule has 1 unspecified atom stereocenters. The topological polar surface area (TPSA) is 83.8 Å². The average Bonchev–Trinajstić information content (AvgIpc) is 2.37. The normalized spacial score (nSPS) is 14.1. The Balaban J connectivity index is 3.58. The van der Waals surface area contributed by atoms with Crippen molar-refractivity contribution >= 4 is 10.4 Å². The van der Waals surface area contributed by atoms with E-state index in [2.05, 4.69) is 11.1 Å². The molecular formula is C17H36O5S. The fourth-order valence-electron chi connectivity index (χ4n) is 2.86. The molecule has 0 fully saturated rings. The number of rotatable bonds is 15. The largest absolute Gasteiger partial charge is 0.397 e. The van der Waals surface area contributed by atoms with E-state index in [4.69, 9.17) is 4.55 Å². The van der Waals surface area contributed by atoms with Crippen molar-refractivity contribution in [1.29, 1.82) is 0 Å². The van der Waals surface area contributed by atoms with Crippen molar-refractivity contribution in [3.8, 4) is 0 Å². The highest BCUT2D eigenvalue weighted by atomic mass is 32.3. The van der Waals surface area contributed by atoms with Crippen LogP contribution in [0.3, 0.4) is 0 Å². The number of unbranched alkanes of at least 4 members (excludes halogenated alkanes) is 9. The van der Waals surface area contributed by atoms with E-state index in [9.17, 15) is 13.5 Å². The van der Waals surface area contributed by atoms with Crippen LogP contribution in [0.25, 0.3) is 0 Å². The zero-order valence-corrected chi connectivity index (χ0v) is 15.9. The van der Waals surface area contributed by atoms with Gasteiger partial charge in [0.1, 0.15) is 0 Å². The summed E-state index contributed by atoms with van der Waals surface area (Å²) in [6, 6.07) is 0. The maximum atomic E-state index is 10.7. The van der Waals surface area contributed by atoms with Crippen molar-refractivity contribution in [3.05, 3.63) is 0 Å². The van der Waals surface area contributed by atoms with Gasteiger partial charge in [0, 0.05) is 6.42 Å². The fourth-order valence-corrected chi connectivity index (χ4v) is 3.49. The van der Waals surface area contributed by atoms with Crippen LogP contribution in [0.1, 0.15) is 97.8 Å². The van der Waals surface area contributed by atoms with Gasteiger partial charge in [-0.25, -0.2) is 4.18 Å². The second-order valence-corrected chi connectivity index (χ2v) is 8.12. The summed E-state index contributed by atoms with van der Waals surface area (Å²) in [7, 11) is -4.48. The molecule has 0 aromatic carbocycles. The molecule has 0 saturated carbocycles. The van der Waals surface area contributed by atoms with Gasteiger partial charge in [0.25, 0.3) is 0 Å². The van der Waals surface area contributed by atoms with Crippen molar-refractivity contribution in [1.82, 2.24) is 0 Å². The lowest BCUT2D eigenvalue weighted by atomic mass is 9.97. The van der Waals surface area contributed by atoms with Crippen LogP contribution in [0.15, 0.2) is 0 Å². The van der Waals surface area contributed by atoms with Crippen molar-refractivity contribution in [3.63, 3.8) is 0 Å². The predicted molar refractivity (Wildman–Crippen MR) is 93.8 cm³/mol. The molecule has 140 valence electrons. The van der Waals surface area contributed by atoms with Gasteiger partial charge in [-0.05, 0) is 20.3 Å². The second-order valence-electron chi connectivity index (χ2n) is 7.10. The molecule has 0 radical (unpaired) electrons. The highest BCUT2D eigenvalue weighted by Gasteiger charge is 2.28. The molecule has 6 heteroatoms. The van der Waals surface area contributed by atoms with Gasteiger partial charge in [-0.1, -0.05) is 71.1 Å². The van der Waals surface area contributed by atoms with Crippen molar-refractivity contribution in [2.45, 2.75) is 110 Å². The first-order valence-corrected chi connectivity index (χ1v) is 10.4. The SMILES string of the molecule is CCCCCCCCCCCCC(O)CC(C)(C)OS(=O)(=O)O. The van der Waals surface area contributed by atoms with Crippen LogP contribution in [0.5, 0.6) is 0 Å². The van der Waals surface area contributed by atoms with E-state index in [1.165, 1.54) is 51.4 Å². The Labute approximate surface area is 142 Å². The molecular weight excluding hydrogens is 316 g/mol. The van der Waals surface area contributed by atoms with E-state index < -0.39 is 22.1 Å². The number of hydrogen-bond acceptors (Lipinski definition) is 4. The van der Waals surface area contributed by atoms with Crippen LogP contribution >= 0.6 is 0 Å². The summed E-state index contributed by atoms with van der Waals surface area (Å²) >= 11 is 0. The van der Waals surface area contributed by atoms with Gasteiger partial charge >= 0.3 is 10.4 Å². The minimum atomic E-state index is -4.48. The molecule has 0 rings (SSSR count). The molecule has 0 saturated heterocycles. The van der Waals surface area contributed by atoms with Crippen molar-refractivity contribution in [2.75, 3.05) is 0 Å². The first-order chi connectivity index (χ1) is 10.7. The lowest BCUT2D eigenvalue weighted by Crippen LogP contribution is -2.32. The van der Waals surface area contributed by atoms with Crippen LogP contribution < -0.4 is 0 Å². The number of hydrogen-bond donors (Lipinski definition) is 2. The van der Waals surface area contributed by atoms with E-state index in [-0.39, 0.29) is 6.42 Å². The summed E-state index contributed by atoms with van der Waals surface area (Å²) in [5.74, 6) is 0. The van der Waals surface area contributed by atoms with E-state index in [1.807, 2.05) is 0 Å². The van der Waals surface area contributed by atoms with Gasteiger partial charge in [0.15, 0.2) is 0 Å².